The van der Waals surface area contributed by atoms with Crippen LogP contribution in [0.5, 0.6) is 0 Å². The second kappa shape index (κ2) is 5.09. The summed E-state index contributed by atoms with van der Waals surface area (Å²) in [4.78, 5) is 15.5. The van der Waals surface area contributed by atoms with Gasteiger partial charge in [0.1, 0.15) is 5.82 Å². The third kappa shape index (κ3) is 2.39. The summed E-state index contributed by atoms with van der Waals surface area (Å²) in [5.41, 5.74) is 0.900. The van der Waals surface area contributed by atoms with Crippen LogP contribution in [0.1, 0.15) is 11.1 Å². The molecule has 0 saturated carbocycles. The van der Waals surface area contributed by atoms with Crippen molar-refractivity contribution in [3.63, 3.8) is 0 Å². The largest absolute Gasteiger partial charge is 0.321 e. The zero-order valence-corrected chi connectivity index (χ0v) is 11.8. The number of halogens is 4. The van der Waals surface area contributed by atoms with E-state index in [1.807, 2.05) is 0 Å². The number of pyridine rings is 1. The minimum atomic E-state index is -0.748. The highest BCUT2D eigenvalue weighted by Gasteiger charge is 2.26. The van der Waals surface area contributed by atoms with Crippen molar-refractivity contribution < 1.29 is 13.6 Å². The number of benzene rings is 1. The zero-order valence-electron chi connectivity index (χ0n) is 10.3. The Morgan fingerprint density at radius 1 is 1.24 bits per heavy atom. The molecule has 1 aliphatic heterocycles. The number of fused-ring (bicyclic) bond motifs is 1. The monoisotopic (exact) mass is 326 g/mol. The molecule has 2 aromatic rings. The van der Waals surface area contributed by atoms with E-state index in [0.29, 0.717) is 11.3 Å². The van der Waals surface area contributed by atoms with Crippen molar-refractivity contribution in [1.82, 2.24) is 4.98 Å². The molecule has 0 bridgehead atoms. The van der Waals surface area contributed by atoms with E-state index in [1.165, 1.54) is 24.4 Å². The number of hydrogen-bond donors (Lipinski definition) is 1. The predicted octanol–water partition coefficient (Wildman–Crippen LogP) is 4.16. The lowest BCUT2D eigenvalue weighted by molar-refractivity contribution is -0.110. The lowest BCUT2D eigenvalue weighted by atomic mass is 10.0. The molecule has 3 rings (SSSR count). The molecule has 21 heavy (non-hydrogen) atoms. The van der Waals surface area contributed by atoms with Gasteiger partial charge < -0.3 is 5.32 Å². The quantitative estimate of drug-likeness (QED) is 0.631. The Labute approximate surface area is 128 Å². The molecule has 1 aromatic carbocycles. The predicted molar refractivity (Wildman–Crippen MR) is 77.1 cm³/mol. The lowest BCUT2D eigenvalue weighted by Gasteiger charge is -2.02. The van der Waals surface area contributed by atoms with E-state index < -0.39 is 17.5 Å². The van der Waals surface area contributed by atoms with Gasteiger partial charge in [0.25, 0.3) is 5.91 Å². The van der Waals surface area contributed by atoms with E-state index >= 15 is 0 Å². The number of nitrogens with one attached hydrogen (secondary N) is 1. The molecule has 0 radical (unpaired) electrons. The van der Waals surface area contributed by atoms with E-state index in [2.05, 4.69) is 10.3 Å². The fraction of sp³-hybridized carbons (Fsp3) is 0. The summed E-state index contributed by atoms with van der Waals surface area (Å²) in [6.45, 7) is 0. The Morgan fingerprint density at radius 2 is 2.00 bits per heavy atom. The fourth-order valence-electron chi connectivity index (χ4n) is 2.03. The van der Waals surface area contributed by atoms with Gasteiger partial charge in [0.05, 0.1) is 10.7 Å². The number of rotatable bonds is 1. The SMILES string of the molecule is O=C1Nc2cc(Cl)c(F)cc2/C1=C\c1ccnc(Cl)c1F. The molecule has 3 nitrogen and oxygen atoms in total. The molecule has 0 aliphatic carbocycles. The molecule has 1 amide bonds. The van der Waals surface area contributed by atoms with Gasteiger partial charge in [-0.1, -0.05) is 23.2 Å². The molecule has 0 unspecified atom stereocenters. The molecule has 1 aliphatic rings. The molecular formula is C14H6Cl2F2N2O. The Kier molecular flexibility index (Phi) is 3.39. The first-order valence-corrected chi connectivity index (χ1v) is 6.55. The summed E-state index contributed by atoms with van der Waals surface area (Å²) in [7, 11) is 0. The van der Waals surface area contributed by atoms with Crippen molar-refractivity contribution in [1.29, 1.82) is 0 Å². The van der Waals surface area contributed by atoms with Crippen molar-refractivity contribution in [2.75, 3.05) is 5.32 Å². The Hall–Kier alpha value is -1.98. The number of anilines is 1. The van der Waals surface area contributed by atoms with Gasteiger partial charge in [0.15, 0.2) is 11.0 Å². The first-order chi connectivity index (χ1) is 9.97. The van der Waals surface area contributed by atoms with Crippen LogP contribution in [0.4, 0.5) is 14.5 Å². The van der Waals surface area contributed by atoms with Crippen molar-refractivity contribution >= 4 is 46.4 Å². The number of amides is 1. The number of hydrogen-bond acceptors (Lipinski definition) is 2. The molecule has 1 N–H and O–H groups in total. The second-order valence-electron chi connectivity index (χ2n) is 4.33. The maximum absolute atomic E-state index is 13.8. The molecule has 2 heterocycles. The number of carbonyl (C=O) groups is 1. The van der Waals surface area contributed by atoms with E-state index in [4.69, 9.17) is 23.2 Å². The average Bonchev–Trinajstić information content (AvgIpc) is 2.72. The highest BCUT2D eigenvalue weighted by molar-refractivity contribution is 6.36. The van der Waals surface area contributed by atoms with Gasteiger partial charge in [-0.15, -0.1) is 0 Å². The zero-order chi connectivity index (χ0) is 15.1. The molecule has 0 saturated heterocycles. The maximum atomic E-state index is 13.8. The molecular weight excluding hydrogens is 321 g/mol. The van der Waals surface area contributed by atoms with Crippen LogP contribution in [0.2, 0.25) is 10.2 Å². The van der Waals surface area contributed by atoms with Gasteiger partial charge in [0.2, 0.25) is 0 Å². The molecule has 106 valence electrons. The van der Waals surface area contributed by atoms with Crippen LogP contribution in [0.25, 0.3) is 11.6 Å². The standard InChI is InChI=1S/C14H6Cl2F2N2O/c15-9-5-11-7(4-10(9)17)8(14(21)20-11)3-6-1-2-19-13(16)12(6)18/h1-5H,(H,20,21)/b8-3+. The Morgan fingerprint density at radius 3 is 2.76 bits per heavy atom. The second-order valence-corrected chi connectivity index (χ2v) is 5.09. The lowest BCUT2D eigenvalue weighted by Crippen LogP contribution is -2.03. The smallest absolute Gasteiger partial charge is 0.256 e. The van der Waals surface area contributed by atoms with Gasteiger partial charge in [-0.05, 0) is 24.3 Å². The third-order valence-corrected chi connectivity index (χ3v) is 3.57. The van der Waals surface area contributed by atoms with Crippen molar-refractivity contribution in [3.8, 4) is 0 Å². The first kappa shape index (κ1) is 14.0. The number of aromatic nitrogens is 1. The van der Waals surface area contributed by atoms with E-state index in [0.717, 1.165) is 6.07 Å². The Bertz CT molecular complexity index is 806. The Balaban J connectivity index is 2.16. The number of carbonyl (C=O) groups excluding carboxylic acids is 1. The topological polar surface area (TPSA) is 42.0 Å². The fourth-order valence-corrected chi connectivity index (χ4v) is 2.36. The van der Waals surface area contributed by atoms with E-state index in [1.54, 1.807) is 0 Å². The van der Waals surface area contributed by atoms with Crippen LogP contribution in [-0.4, -0.2) is 10.9 Å². The van der Waals surface area contributed by atoms with E-state index in [-0.39, 0.29) is 21.3 Å². The third-order valence-electron chi connectivity index (χ3n) is 3.02. The summed E-state index contributed by atoms with van der Waals surface area (Å²) in [6, 6.07) is 3.80. The average molecular weight is 327 g/mol. The highest BCUT2D eigenvalue weighted by Crippen LogP contribution is 2.36. The van der Waals surface area contributed by atoms with Crippen molar-refractivity contribution in [3.05, 3.63) is 57.3 Å². The number of nitrogens with zero attached hydrogens (tertiary/aromatic N) is 1. The van der Waals surface area contributed by atoms with Gasteiger partial charge in [0, 0.05) is 22.9 Å². The minimum absolute atomic E-state index is 0.0864. The van der Waals surface area contributed by atoms with Crippen LogP contribution in [-0.2, 0) is 4.79 Å². The van der Waals surface area contributed by atoms with Gasteiger partial charge in [-0.25, -0.2) is 13.8 Å². The highest BCUT2D eigenvalue weighted by atomic mass is 35.5. The molecule has 0 spiro atoms. The summed E-state index contributed by atoms with van der Waals surface area (Å²) in [5, 5.41) is 2.14. The summed E-state index contributed by atoms with van der Waals surface area (Å²) in [5.74, 6) is -1.88. The summed E-state index contributed by atoms with van der Waals surface area (Å²) < 4.78 is 27.4. The molecule has 7 heteroatoms. The van der Waals surface area contributed by atoms with Crippen LogP contribution >= 0.6 is 23.2 Å². The van der Waals surface area contributed by atoms with Gasteiger partial charge in [-0.3, -0.25) is 4.79 Å². The minimum Gasteiger partial charge on any atom is -0.321 e. The molecule has 0 atom stereocenters. The van der Waals surface area contributed by atoms with Gasteiger partial charge >= 0.3 is 0 Å². The van der Waals surface area contributed by atoms with Gasteiger partial charge in [-0.2, -0.15) is 0 Å². The molecule has 1 aromatic heterocycles. The summed E-state index contributed by atoms with van der Waals surface area (Å²) >= 11 is 11.3. The molecule has 0 fully saturated rings. The normalized spacial score (nSPS) is 15.2. The van der Waals surface area contributed by atoms with Crippen LogP contribution in [0.3, 0.4) is 0 Å². The van der Waals surface area contributed by atoms with Crippen LogP contribution in [0, 0.1) is 11.6 Å². The van der Waals surface area contributed by atoms with E-state index in [9.17, 15) is 13.6 Å². The summed E-state index contributed by atoms with van der Waals surface area (Å²) in [6.07, 6.45) is 2.60. The van der Waals surface area contributed by atoms with Crippen LogP contribution < -0.4 is 5.32 Å². The van der Waals surface area contributed by atoms with Crippen LogP contribution in [0.15, 0.2) is 24.4 Å². The first-order valence-electron chi connectivity index (χ1n) is 5.80. The van der Waals surface area contributed by atoms with Crippen molar-refractivity contribution in [2.24, 2.45) is 0 Å². The maximum Gasteiger partial charge on any atom is 0.256 e. The van der Waals surface area contributed by atoms with Crippen molar-refractivity contribution in [2.45, 2.75) is 0 Å².